The summed E-state index contributed by atoms with van der Waals surface area (Å²) < 4.78 is 1.82. The molecule has 1 aromatic heterocycles. The predicted molar refractivity (Wildman–Crippen MR) is 67.7 cm³/mol. The van der Waals surface area contributed by atoms with Gasteiger partial charge in [0.05, 0.1) is 10.6 Å². The maximum absolute atomic E-state index is 10.9. The molecule has 1 aromatic carbocycles. The fourth-order valence-corrected chi connectivity index (χ4v) is 1.83. The van der Waals surface area contributed by atoms with E-state index in [9.17, 15) is 10.1 Å². The Kier molecular flexibility index (Phi) is 3.38. The van der Waals surface area contributed by atoms with E-state index in [-0.39, 0.29) is 10.6 Å². The molecule has 6 heteroatoms. The van der Waals surface area contributed by atoms with Crippen LogP contribution in [-0.2, 0) is 6.42 Å². The highest BCUT2D eigenvalue weighted by molar-refractivity contribution is 5.49. The molecule has 18 heavy (non-hydrogen) atoms. The van der Waals surface area contributed by atoms with Gasteiger partial charge in [0.25, 0.3) is 5.69 Å². The Labute approximate surface area is 104 Å². The number of hydrogen-bond acceptors (Lipinski definition) is 4. The van der Waals surface area contributed by atoms with Gasteiger partial charge >= 0.3 is 0 Å². The topological polar surface area (TPSA) is 87.0 Å². The predicted octanol–water partition coefficient (Wildman–Crippen LogP) is 1.59. The standard InChI is InChI=1S/C12H14N4O2/c1-9-2-3-10(8-11(9)16(17)18)15-7-6-14-12(15)4-5-13/h2-3,6-8H,4-5,13H2,1H3. The summed E-state index contributed by atoms with van der Waals surface area (Å²) in [6.45, 7) is 2.21. The molecule has 2 rings (SSSR count). The van der Waals surface area contributed by atoms with Crippen LogP contribution in [0.2, 0.25) is 0 Å². The van der Waals surface area contributed by atoms with Crippen molar-refractivity contribution in [1.29, 1.82) is 0 Å². The monoisotopic (exact) mass is 246 g/mol. The third-order valence-electron chi connectivity index (χ3n) is 2.75. The maximum atomic E-state index is 10.9. The van der Waals surface area contributed by atoms with Gasteiger partial charge in [-0.1, -0.05) is 6.07 Å². The minimum atomic E-state index is -0.377. The zero-order valence-corrected chi connectivity index (χ0v) is 10.0. The molecule has 0 amide bonds. The van der Waals surface area contributed by atoms with Crippen LogP contribution in [0.15, 0.2) is 30.6 Å². The van der Waals surface area contributed by atoms with Gasteiger partial charge in [0, 0.05) is 30.4 Å². The number of nitrogens with zero attached hydrogens (tertiary/aromatic N) is 3. The molecule has 0 aliphatic heterocycles. The first-order valence-corrected chi connectivity index (χ1v) is 5.61. The first-order chi connectivity index (χ1) is 8.63. The lowest BCUT2D eigenvalue weighted by molar-refractivity contribution is -0.385. The number of rotatable bonds is 4. The number of nitrogens with two attached hydrogens (primary N) is 1. The van der Waals surface area contributed by atoms with Crippen molar-refractivity contribution in [1.82, 2.24) is 9.55 Å². The van der Waals surface area contributed by atoms with Crippen LogP contribution in [0, 0.1) is 17.0 Å². The van der Waals surface area contributed by atoms with Crippen molar-refractivity contribution in [2.24, 2.45) is 5.73 Å². The molecule has 2 N–H and O–H groups in total. The highest BCUT2D eigenvalue weighted by atomic mass is 16.6. The molecular weight excluding hydrogens is 232 g/mol. The minimum absolute atomic E-state index is 0.111. The van der Waals surface area contributed by atoms with E-state index in [2.05, 4.69) is 4.98 Å². The summed E-state index contributed by atoms with van der Waals surface area (Å²) in [6, 6.07) is 5.13. The van der Waals surface area contributed by atoms with Gasteiger partial charge in [-0.15, -0.1) is 0 Å². The summed E-state index contributed by atoms with van der Waals surface area (Å²) in [4.78, 5) is 14.7. The Morgan fingerprint density at radius 1 is 1.50 bits per heavy atom. The average molecular weight is 246 g/mol. The second-order valence-electron chi connectivity index (χ2n) is 3.98. The first kappa shape index (κ1) is 12.3. The molecule has 0 radical (unpaired) electrons. The van der Waals surface area contributed by atoms with Crippen LogP contribution in [0.5, 0.6) is 0 Å². The molecule has 0 aliphatic carbocycles. The minimum Gasteiger partial charge on any atom is -0.330 e. The number of aryl methyl sites for hydroxylation is 1. The van der Waals surface area contributed by atoms with E-state index in [1.807, 2.05) is 10.6 Å². The number of benzene rings is 1. The van der Waals surface area contributed by atoms with E-state index in [1.165, 1.54) is 0 Å². The fourth-order valence-electron chi connectivity index (χ4n) is 1.83. The first-order valence-electron chi connectivity index (χ1n) is 5.61. The van der Waals surface area contributed by atoms with Gasteiger partial charge < -0.3 is 10.3 Å². The number of nitro benzene ring substituents is 1. The molecule has 0 atom stereocenters. The Morgan fingerprint density at radius 3 is 2.94 bits per heavy atom. The Morgan fingerprint density at radius 2 is 2.28 bits per heavy atom. The summed E-state index contributed by atoms with van der Waals surface area (Å²) in [5.74, 6) is 0.802. The van der Waals surface area contributed by atoms with Gasteiger partial charge in [-0.2, -0.15) is 0 Å². The van der Waals surface area contributed by atoms with E-state index in [4.69, 9.17) is 5.73 Å². The molecule has 0 unspecified atom stereocenters. The number of nitro groups is 1. The van der Waals surface area contributed by atoms with Crippen LogP contribution in [0.4, 0.5) is 5.69 Å². The highest BCUT2D eigenvalue weighted by Gasteiger charge is 2.13. The highest BCUT2D eigenvalue weighted by Crippen LogP contribution is 2.22. The van der Waals surface area contributed by atoms with Gasteiger partial charge in [-0.3, -0.25) is 10.1 Å². The molecule has 0 bridgehead atoms. The van der Waals surface area contributed by atoms with E-state index >= 15 is 0 Å². The summed E-state index contributed by atoms with van der Waals surface area (Å²) >= 11 is 0. The van der Waals surface area contributed by atoms with Crippen LogP contribution >= 0.6 is 0 Å². The Hall–Kier alpha value is -2.21. The summed E-state index contributed by atoms with van der Waals surface area (Å²) in [5, 5.41) is 10.9. The molecular formula is C12H14N4O2. The molecule has 0 saturated heterocycles. The maximum Gasteiger partial charge on any atom is 0.274 e. The second-order valence-corrected chi connectivity index (χ2v) is 3.98. The van der Waals surface area contributed by atoms with E-state index < -0.39 is 0 Å². The van der Waals surface area contributed by atoms with Crippen LogP contribution in [0.25, 0.3) is 5.69 Å². The molecule has 0 spiro atoms. The van der Waals surface area contributed by atoms with Crippen molar-refractivity contribution in [3.8, 4) is 5.69 Å². The lowest BCUT2D eigenvalue weighted by Crippen LogP contribution is -2.09. The molecule has 0 fully saturated rings. The number of imidazole rings is 1. The van der Waals surface area contributed by atoms with Crippen LogP contribution in [0.1, 0.15) is 11.4 Å². The van der Waals surface area contributed by atoms with Crippen LogP contribution in [-0.4, -0.2) is 21.0 Å². The van der Waals surface area contributed by atoms with E-state index in [0.29, 0.717) is 18.5 Å². The lowest BCUT2D eigenvalue weighted by Gasteiger charge is -2.07. The molecule has 2 aromatic rings. The van der Waals surface area contributed by atoms with Crippen molar-refractivity contribution in [3.05, 3.63) is 52.1 Å². The zero-order chi connectivity index (χ0) is 13.1. The number of aromatic nitrogens is 2. The van der Waals surface area contributed by atoms with Gasteiger partial charge in [-0.05, 0) is 19.5 Å². The van der Waals surface area contributed by atoms with Gasteiger partial charge in [0.1, 0.15) is 5.82 Å². The molecule has 0 saturated carbocycles. The molecule has 0 aliphatic rings. The second kappa shape index (κ2) is 4.97. The van der Waals surface area contributed by atoms with Crippen molar-refractivity contribution in [3.63, 3.8) is 0 Å². The average Bonchev–Trinajstić information content (AvgIpc) is 2.78. The third kappa shape index (κ3) is 2.23. The van der Waals surface area contributed by atoms with Crippen LogP contribution < -0.4 is 5.73 Å². The van der Waals surface area contributed by atoms with Crippen molar-refractivity contribution in [2.75, 3.05) is 6.54 Å². The molecule has 1 heterocycles. The lowest BCUT2D eigenvalue weighted by atomic mass is 10.2. The normalized spacial score (nSPS) is 10.6. The summed E-state index contributed by atoms with van der Waals surface area (Å²) in [5.41, 5.74) is 6.99. The van der Waals surface area contributed by atoms with Crippen molar-refractivity contribution < 1.29 is 4.92 Å². The SMILES string of the molecule is Cc1ccc(-n2ccnc2CCN)cc1[N+](=O)[O-]. The smallest absolute Gasteiger partial charge is 0.274 e. The Bertz CT molecular complexity index is 577. The van der Waals surface area contributed by atoms with Gasteiger partial charge in [0.15, 0.2) is 0 Å². The summed E-state index contributed by atoms with van der Waals surface area (Å²) in [7, 11) is 0. The molecule has 6 nitrogen and oxygen atoms in total. The van der Waals surface area contributed by atoms with Gasteiger partial charge in [-0.25, -0.2) is 4.98 Å². The molecule has 94 valence electrons. The quantitative estimate of drug-likeness (QED) is 0.655. The van der Waals surface area contributed by atoms with Crippen molar-refractivity contribution >= 4 is 5.69 Å². The summed E-state index contributed by atoms with van der Waals surface area (Å²) in [6.07, 6.45) is 4.07. The largest absolute Gasteiger partial charge is 0.330 e. The Balaban J connectivity index is 2.47. The van der Waals surface area contributed by atoms with E-state index in [1.54, 1.807) is 31.5 Å². The fraction of sp³-hybridized carbons (Fsp3) is 0.250. The van der Waals surface area contributed by atoms with Crippen molar-refractivity contribution in [2.45, 2.75) is 13.3 Å². The zero-order valence-electron chi connectivity index (χ0n) is 10.0. The third-order valence-corrected chi connectivity index (χ3v) is 2.75. The van der Waals surface area contributed by atoms with Crippen LogP contribution in [0.3, 0.4) is 0 Å². The van der Waals surface area contributed by atoms with E-state index in [0.717, 1.165) is 11.5 Å². The van der Waals surface area contributed by atoms with Gasteiger partial charge in [0.2, 0.25) is 0 Å². The number of hydrogen-bond donors (Lipinski definition) is 1.